The summed E-state index contributed by atoms with van der Waals surface area (Å²) in [6.07, 6.45) is 1.83. The van der Waals surface area contributed by atoms with Crippen LogP contribution in [0.25, 0.3) is 0 Å². The molecule has 2 amide bonds. The molecule has 0 aliphatic carbocycles. The van der Waals surface area contributed by atoms with Gasteiger partial charge in [-0.2, -0.15) is 0 Å². The van der Waals surface area contributed by atoms with Crippen molar-refractivity contribution >= 4 is 27.5 Å². The molecule has 0 spiro atoms. The second-order valence-electron chi connectivity index (χ2n) is 8.92. The molecule has 0 fully saturated rings. The number of anilines is 1. The second-order valence-corrected chi connectivity index (χ2v) is 10.8. The normalized spacial score (nSPS) is 13.0. The first-order chi connectivity index (χ1) is 16.4. The van der Waals surface area contributed by atoms with E-state index in [1.54, 1.807) is 32.2 Å². The Labute approximate surface area is 209 Å². The summed E-state index contributed by atoms with van der Waals surface area (Å²) < 4.78 is 31.7. The van der Waals surface area contributed by atoms with Gasteiger partial charge in [0, 0.05) is 12.6 Å². The van der Waals surface area contributed by atoms with Crippen molar-refractivity contribution in [3.63, 3.8) is 0 Å². The van der Waals surface area contributed by atoms with E-state index >= 15 is 0 Å². The first kappa shape index (κ1) is 28.2. The van der Waals surface area contributed by atoms with Crippen molar-refractivity contribution in [1.29, 1.82) is 0 Å². The number of rotatable bonds is 11. The summed E-state index contributed by atoms with van der Waals surface area (Å²) in [5.41, 5.74) is 2.96. The summed E-state index contributed by atoms with van der Waals surface area (Å²) in [6, 6.07) is 11.7. The Morgan fingerprint density at radius 3 is 2.20 bits per heavy atom. The Balaban J connectivity index is 2.41. The number of carbonyl (C=O) groups excluding carboxylic acids is 2. The molecule has 0 aromatic heterocycles. The molecule has 192 valence electrons. The van der Waals surface area contributed by atoms with Crippen molar-refractivity contribution in [3.05, 3.63) is 59.2 Å². The number of benzene rings is 2. The average Bonchev–Trinajstić information content (AvgIpc) is 2.80. The van der Waals surface area contributed by atoms with Crippen molar-refractivity contribution in [2.24, 2.45) is 0 Å². The highest BCUT2D eigenvalue weighted by molar-refractivity contribution is 7.92. The third-order valence-corrected chi connectivity index (χ3v) is 7.11. The lowest BCUT2D eigenvalue weighted by Gasteiger charge is -2.32. The standard InChI is InChI=1S/C26H37N3O5S/c1-8-20(4)27-26(31)21(5)28(16-22-10-12-23(34-6)13-11-22)25(30)17-29(35(7,32)33)24-14-9-18(2)15-19(24)3/h9-15,20-21H,8,16-17H2,1-7H3,(H,27,31)/t20-,21-/m0/s1. The number of hydrogen-bond acceptors (Lipinski definition) is 5. The van der Waals surface area contributed by atoms with Crippen LogP contribution < -0.4 is 14.4 Å². The van der Waals surface area contributed by atoms with Crippen molar-refractivity contribution in [1.82, 2.24) is 10.2 Å². The maximum absolute atomic E-state index is 13.6. The lowest BCUT2D eigenvalue weighted by Crippen LogP contribution is -2.52. The zero-order chi connectivity index (χ0) is 26.3. The Kier molecular flexibility index (Phi) is 9.71. The largest absolute Gasteiger partial charge is 0.497 e. The van der Waals surface area contributed by atoms with Gasteiger partial charge in [-0.3, -0.25) is 13.9 Å². The lowest BCUT2D eigenvalue weighted by molar-refractivity contribution is -0.139. The Morgan fingerprint density at radius 1 is 1.06 bits per heavy atom. The minimum absolute atomic E-state index is 0.0504. The summed E-state index contributed by atoms with van der Waals surface area (Å²) in [5, 5.41) is 2.91. The highest BCUT2D eigenvalue weighted by Crippen LogP contribution is 2.24. The van der Waals surface area contributed by atoms with Crippen molar-refractivity contribution in [3.8, 4) is 5.75 Å². The van der Waals surface area contributed by atoms with E-state index in [-0.39, 0.29) is 18.5 Å². The van der Waals surface area contributed by atoms with E-state index in [9.17, 15) is 18.0 Å². The van der Waals surface area contributed by atoms with E-state index in [0.29, 0.717) is 11.4 Å². The van der Waals surface area contributed by atoms with Crippen LogP contribution in [0.4, 0.5) is 5.69 Å². The fourth-order valence-corrected chi connectivity index (χ4v) is 4.56. The van der Waals surface area contributed by atoms with Gasteiger partial charge in [-0.05, 0) is 63.4 Å². The number of carbonyl (C=O) groups is 2. The van der Waals surface area contributed by atoms with E-state index in [1.165, 1.54) is 4.90 Å². The van der Waals surface area contributed by atoms with Gasteiger partial charge >= 0.3 is 0 Å². The monoisotopic (exact) mass is 503 g/mol. The zero-order valence-electron chi connectivity index (χ0n) is 21.7. The van der Waals surface area contributed by atoms with E-state index < -0.39 is 28.5 Å². The van der Waals surface area contributed by atoms with Gasteiger partial charge in [-0.25, -0.2) is 8.42 Å². The zero-order valence-corrected chi connectivity index (χ0v) is 22.5. The van der Waals surface area contributed by atoms with Crippen LogP contribution in [-0.2, 0) is 26.2 Å². The molecule has 2 aromatic carbocycles. The second kappa shape index (κ2) is 12.1. The summed E-state index contributed by atoms with van der Waals surface area (Å²) >= 11 is 0. The van der Waals surface area contributed by atoms with E-state index in [0.717, 1.165) is 33.7 Å². The fourth-order valence-electron chi connectivity index (χ4n) is 3.66. The van der Waals surface area contributed by atoms with Crippen LogP contribution in [0.15, 0.2) is 42.5 Å². The van der Waals surface area contributed by atoms with Gasteiger partial charge in [0.25, 0.3) is 0 Å². The summed E-state index contributed by atoms with van der Waals surface area (Å²) in [5.74, 6) is -0.0936. The first-order valence-corrected chi connectivity index (χ1v) is 13.5. The summed E-state index contributed by atoms with van der Waals surface area (Å²) in [6.45, 7) is 8.96. The topological polar surface area (TPSA) is 96.0 Å². The number of nitrogens with one attached hydrogen (secondary N) is 1. The fraction of sp³-hybridized carbons (Fsp3) is 0.462. The van der Waals surface area contributed by atoms with Gasteiger partial charge < -0.3 is 15.0 Å². The number of sulfonamides is 1. The van der Waals surface area contributed by atoms with Crippen LogP contribution in [0.3, 0.4) is 0 Å². The van der Waals surface area contributed by atoms with Gasteiger partial charge in [0.15, 0.2) is 0 Å². The quantitative estimate of drug-likeness (QED) is 0.507. The Hall–Kier alpha value is -3.07. The highest BCUT2D eigenvalue weighted by atomic mass is 32.2. The SMILES string of the molecule is CC[C@H](C)NC(=O)[C@H](C)N(Cc1ccc(OC)cc1)C(=O)CN(c1ccc(C)cc1C)S(C)(=O)=O. The van der Waals surface area contributed by atoms with Crippen LogP contribution in [0.2, 0.25) is 0 Å². The molecule has 0 unspecified atom stereocenters. The molecule has 0 saturated carbocycles. The molecular formula is C26H37N3O5S. The molecule has 2 aromatic rings. The summed E-state index contributed by atoms with van der Waals surface area (Å²) in [7, 11) is -2.20. The van der Waals surface area contributed by atoms with Crippen molar-refractivity contribution in [2.75, 3.05) is 24.2 Å². The molecule has 0 heterocycles. The maximum Gasteiger partial charge on any atom is 0.244 e. The highest BCUT2D eigenvalue weighted by Gasteiger charge is 2.30. The third kappa shape index (κ3) is 7.71. The molecule has 0 radical (unpaired) electrons. The molecule has 1 N–H and O–H groups in total. The predicted molar refractivity (Wildman–Crippen MR) is 139 cm³/mol. The van der Waals surface area contributed by atoms with Crippen LogP contribution in [0.5, 0.6) is 5.75 Å². The minimum Gasteiger partial charge on any atom is -0.497 e. The number of hydrogen-bond donors (Lipinski definition) is 1. The van der Waals surface area contributed by atoms with Crippen LogP contribution >= 0.6 is 0 Å². The van der Waals surface area contributed by atoms with Gasteiger partial charge in [0.05, 0.1) is 19.1 Å². The molecule has 2 atom stereocenters. The smallest absolute Gasteiger partial charge is 0.244 e. The van der Waals surface area contributed by atoms with E-state index in [1.807, 2.05) is 52.0 Å². The Bertz CT molecular complexity index is 1130. The van der Waals surface area contributed by atoms with Crippen LogP contribution in [0, 0.1) is 13.8 Å². The van der Waals surface area contributed by atoms with Gasteiger partial charge in [-0.1, -0.05) is 36.8 Å². The molecule has 0 aliphatic heterocycles. The van der Waals surface area contributed by atoms with Gasteiger partial charge in [0.1, 0.15) is 18.3 Å². The number of aryl methyl sites for hydroxylation is 2. The molecular weight excluding hydrogens is 466 g/mol. The molecule has 0 saturated heterocycles. The van der Waals surface area contributed by atoms with Crippen LogP contribution in [-0.4, -0.2) is 57.1 Å². The first-order valence-electron chi connectivity index (χ1n) is 11.6. The predicted octanol–water partition coefficient (Wildman–Crippen LogP) is 3.41. The molecule has 0 aliphatic rings. The average molecular weight is 504 g/mol. The molecule has 2 rings (SSSR count). The maximum atomic E-state index is 13.6. The van der Waals surface area contributed by atoms with Gasteiger partial charge in [-0.15, -0.1) is 0 Å². The lowest BCUT2D eigenvalue weighted by atomic mass is 10.1. The van der Waals surface area contributed by atoms with Crippen molar-refractivity contribution in [2.45, 2.75) is 59.7 Å². The minimum atomic E-state index is -3.76. The number of ether oxygens (including phenoxy) is 1. The van der Waals surface area contributed by atoms with E-state index in [2.05, 4.69) is 5.32 Å². The Morgan fingerprint density at radius 2 is 1.69 bits per heavy atom. The van der Waals surface area contributed by atoms with Crippen LogP contribution in [0.1, 0.15) is 43.9 Å². The van der Waals surface area contributed by atoms with Gasteiger partial charge in [0.2, 0.25) is 21.8 Å². The molecule has 35 heavy (non-hydrogen) atoms. The number of methoxy groups -OCH3 is 1. The third-order valence-electron chi connectivity index (χ3n) is 5.98. The number of nitrogens with zero attached hydrogens (tertiary/aromatic N) is 2. The van der Waals surface area contributed by atoms with Crippen molar-refractivity contribution < 1.29 is 22.7 Å². The van der Waals surface area contributed by atoms with E-state index in [4.69, 9.17) is 4.74 Å². The summed E-state index contributed by atoms with van der Waals surface area (Å²) in [4.78, 5) is 27.9. The number of amides is 2. The molecule has 8 nitrogen and oxygen atoms in total. The molecule has 9 heteroatoms. The molecule has 0 bridgehead atoms.